The highest BCUT2D eigenvalue weighted by molar-refractivity contribution is 4.75. The lowest BCUT2D eigenvalue weighted by Gasteiger charge is -2.43. The summed E-state index contributed by atoms with van der Waals surface area (Å²) >= 11 is 0. The molecule has 0 radical (unpaired) electrons. The summed E-state index contributed by atoms with van der Waals surface area (Å²) in [5, 5.41) is 12.5. The van der Waals surface area contributed by atoms with Crippen molar-refractivity contribution in [3.8, 4) is 0 Å². The van der Waals surface area contributed by atoms with Gasteiger partial charge in [-0.3, -0.25) is 0 Å². The van der Waals surface area contributed by atoms with Crippen LogP contribution >= 0.6 is 0 Å². The Morgan fingerprint density at radius 3 is 1.68 bits per heavy atom. The fraction of sp³-hybridized carbons (Fsp3) is 1.00. The molecule has 3 unspecified atom stereocenters. The first-order valence-electron chi connectivity index (χ1n) is 11.7. The predicted octanol–water partition coefficient (Wildman–Crippen LogP) is 7.60. The minimum atomic E-state index is 0.0386. The molecule has 0 saturated carbocycles. The number of rotatable bonds is 16. The van der Waals surface area contributed by atoms with E-state index in [1.165, 1.54) is 96.3 Å². The number of hydrogen-bond donors (Lipinski definition) is 0. The van der Waals surface area contributed by atoms with Gasteiger partial charge >= 0.3 is 0 Å². The Kier molecular flexibility index (Phi) is 12.9. The van der Waals surface area contributed by atoms with E-state index in [4.69, 9.17) is 0 Å². The Balaban J connectivity index is 1.91. The summed E-state index contributed by atoms with van der Waals surface area (Å²) < 4.78 is 0.0386. The first-order chi connectivity index (χ1) is 12.1. The maximum Gasteiger partial charge on any atom is 0.0916 e. The molecule has 0 aromatic heterocycles. The van der Waals surface area contributed by atoms with Crippen molar-refractivity contribution in [3.05, 3.63) is 5.21 Å². The Morgan fingerprint density at radius 2 is 1.28 bits per heavy atom. The standard InChI is InChI=1S/C23H47NO/c1-4-6-7-8-9-10-11-12-13-14-15-16-17-19-22(5-2)23-20-18-21-24(23,3)25/h22-23H,4-21H2,1-3H3. The van der Waals surface area contributed by atoms with Gasteiger partial charge in [-0.1, -0.05) is 97.3 Å². The van der Waals surface area contributed by atoms with Crippen molar-refractivity contribution in [2.75, 3.05) is 13.6 Å². The molecule has 150 valence electrons. The first kappa shape index (κ1) is 23.0. The zero-order chi connectivity index (χ0) is 18.4. The van der Waals surface area contributed by atoms with Gasteiger partial charge in [0.05, 0.1) is 19.6 Å². The third-order valence-electron chi connectivity index (χ3n) is 6.55. The molecular formula is C23H47NO. The quantitative estimate of drug-likeness (QED) is 0.159. The van der Waals surface area contributed by atoms with Crippen LogP contribution in [0.15, 0.2) is 0 Å². The van der Waals surface area contributed by atoms with Crippen molar-refractivity contribution in [2.45, 2.75) is 129 Å². The molecule has 0 aliphatic carbocycles. The van der Waals surface area contributed by atoms with Crippen molar-refractivity contribution in [1.82, 2.24) is 0 Å². The number of hydroxylamine groups is 3. The topological polar surface area (TPSA) is 23.1 Å². The molecule has 0 N–H and O–H groups in total. The van der Waals surface area contributed by atoms with Crippen LogP contribution in [0.5, 0.6) is 0 Å². The van der Waals surface area contributed by atoms with Crippen LogP contribution in [0.1, 0.15) is 123 Å². The Labute approximate surface area is 158 Å². The van der Waals surface area contributed by atoms with Crippen LogP contribution in [-0.4, -0.2) is 24.3 Å². The van der Waals surface area contributed by atoms with Gasteiger partial charge in [0.15, 0.2) is 0 Å². The van der Waals surface area contributed by atoms with Gasteiger partial charge in [-0.25, -0.2) is 0 Å². The molecule has 1 aliphatic rings. The highest BCUT2D eigenvalue weighted by atomic mass is 16.5. The van der Waals surface area contributed by atoms with Gasteiger partial charge < -0.3 is 9.85 Å². The highest BCUT2D eigenvalue weighted by Gasteiger charge is 2.36. The van der Waals surface area contributed by atoms with E-state index < -0.39 is 0 Å². The second-order valence-electron chi connectivity index (χ2n) is 8.81. The number of likely N-dealkylation sites (tertiary alicyclic amines) is 1. The van der Waals surface area contributed by atoms with Crippen LogP contribution in [0.25, 0.3) is 0 Å². The van der Waals surface area contributed by atoms with Crippen molar-refractivity contribution >= 4 is 0 Å². The molecule has 0 amide bonds. The van der Waals surface area contributed by atoms with Crippen LogP contribution in [-0.2, 0) is 0 Å². The van der Waals surface area contributed by atoms with E-state index in [0.29, 0.717) is 12.0 Å². The van der Waals surface area contributed by atoms with E-state index in [1.807, 2.05) is 7.05 Å². The fourth-order valence-corrected chi connectivity index (χ4v) is 4.83. The molecule has 0 spiro atoms. The van der Waals surface area contributed by atoms with Crippen LogP contribution < -0.4 is 0 Å². The van der Waals surface area contributed by atoms with E-state index in [2.05, 4.69) is 13.8 Å². The minimum absolute atomic E-state index is 0.0386. The molecule has 1 aliphatic heterocycles. The molecule has 1 saturated heterocycles. The largest absolute Gasteiger partial charge is 0.633 e. The van der Waals surface area contributed by atoms with Gasteiger partial charge in [0.2, 0.25) is 0 Å². The van der Waals surface area contributed by atoms with Crippen molar-refractivity contribution in [2.24, 2.45) is 5.92 Å². The summed E-state index contributed by atoms with van der Waals surface area (Å²) in [4.78, 5) is 0. The van der Waals surface area contributed by atoms with Gasteiger partial charge in [0, 0.05) is 18.8 Å². The summed E-state index contributed by atoms with van der Waals surface area (Å²) in [6, 6.07) is 0.391. The van der Waals surface area contributed by atoms with E-state index in [9.17, 15) is 5.21 Å². The van der Waals surface area contributed by atoms with Gasteiger partial charge in [-0.05, 0) is 12.8 Å². The smallest absolute Gasteiger partial charge is 0.0916 e. The Bertz CT molecular complexity index is 302. The third kappa shape index (κ3) is 9.99. The minimum Gasteiger partial charge on any atom is -0.633 e. The van der Waals surface area contributed by atoms with Crippen molar-refractivity contribution < 1.29 is 4.65 Å². The average Bonchev–Trinajstić information content (AvgIpc) is 2.94. The highest BCUT2D eigenvalue weighted by Crippen LogP contribution is 2.33. The number of quaternary nitrogens is 1. The summed E-state index contributed by atoms with van der Waals surface area (Å²) in [7, 11) is 1.91. The second-order valence-corrected chi connectivity index (χ2v) is 8.81. The summed E-state index contributed by atoms with van der Waals surface area (Å²) in [5.74, 6) is 0.665. The molecule has 1 heterocycles. The SMILES string of the molecule is CCCCCCCCCCCCCCCC(CC)C1CCC[N+]1(C)[O-]. The van der Waals surface area contributed by atoms with Crippen molar-refractivity contribution in [1.29, 1.82) is 0 Å². The number of hydrogen-bond acceptors (Lipinski definition) is 1. The third-order valence-corrected chi connectivity index (χ3v) is 6.55. The van der Waals surface area contributed by atoms with E-state index in [-0.39, 0.29) is 4.65 Å². The van der Waals surface area contributed by atoms with Gasteiger partial charge in [-0.15, -0.1) is 0 Å². The first-order valence-corrected chi connectivity index (χ1v) is 11.7. The monoisotopic (exact) mass is 353 g/mol. The lowest BCUT2D eigenvalue weighted by molar-refractivity contribution is -0.877. The second kappa shape index (κ2) is 14.0. The Hall–Kier alpha value is -0.0800. The molecule has 1 rings (SSSR count). The van der Waals surface area contributed by atoms with Crippen LogP contribution in [0.2, 0.25) is 0 Å². The molecule has 0 aromatic rings. The lowest BCUT2D eigenvalue weighted by Crippen LogP contribution is -2.46. The van der Waals surface area contributed by atoms with Crippen molar-refractivity contribution in [3.63, 3.8) is 0 Å². The maximum atomic E-state index is 12.5. The van der Waals surface area contributed by atoms with Crippen LogP contribution in [0.4, 0.5) is 0 Å². The Morgan fingerprint density at radius 1 is 0.800 bits per heavy atom. The van der Waals surface area contributed by atoms with Crippen LogP contribution in [0.3, 0.4) is 0 Å². The molecule has 0 aromatic carbocycles. The average molecular weight is 354 g/mol. The summed E-state index contributed by atoms with van der Waals surface area (Å²) in [5.41, 5.74) is 0. The van der Waals surface area contributed by atoms with Gasteiger partial charge in [0.25, 0.3) is 0 Å². The zero-order valence-electron chi connectivity index (χ0n) is 17.7. The summed E-state index contributed by atoms with van der Waals surface area (Å²) in [6.07, 6.45) is 23.2. The van der Waals surface area contributed by atoms with E-state index in [1.54, 1.807) is 0 Å². The fourth-order valence-electron chi connectivity index (χ4n) is 4.83. The van der Waals surface area contributed by atoms with Gasteiger partial charge in [0.1, 0.15) is 0 Å². The van der Waals surface area contributed by atoms with E-state index >= 15 is 0 Å². The van der Waals surface area contributed by atoms with Crippen LogP contribution in [0, 0.1) is 11.1 Å². The number of unbranched alkanes of at least 4 members (excludes halogenated alkanes) is 12. The maximum absolute atomic E-state index is 12.5. The lowest BCUT2D eigenvalue weighted by atomic mass is 9.89. The predicted molar refractivity (Wildman–Crippen MR) is 112 cm³/mol. The summed E-state index contributed by atoms with van der Waals surface area (Å²) in [6.45, 7) is 5.42. The molecular weight excluding hydrogens is 306 g/mol. The molecule has 3 atom stereocenters. The molecule has 2 heteroatoms. The number of nitrogens with zero attached hydrogens (tertiary/aromatic N) is 1. The molecule has 1 fully saturated rings. The molecule has 2 nitrogen and oxygen atoms in total. The zero-order valence-corrected chi connectivity index (χ0v) is 17.7. The molecule has 25 heavy (non-hydrogen) atoms. The van der Waals surface area contributed by atoms with Gasteiger partial charge in [-0.2, -0.15) is 0 Å². The van der Waals surface area contributed by atoms with E-state index in [0.717, 1.165) is 19.4 Å². The normalized spacial score (nSPS) is 24.7. The molecule has 0 bridgehead atoms.